The Bertz CT molecular complexity index is 954. The Balaban J connectivity index is 1.60. The van der Waals surface area contributed by atoms with Gasteiger partial charge in [0, 0.05) is 16.5 Å². The molecule has 1 aromatic heterocycles. The highest BCUT2D eigenvalue weighted by Crippen LogP contribution is 2.28. The van der Waals surface area contributed by atoms with E-state index in [-0.39, 0.29) is 5.91 Å². The Kier molecular flexibility index (Phi) is 5.27. The smallest absolute Gasteiger partial charge is 0.279 e. The Morgan fingerprint density at radius 3 is 2.48 bits per heavy atom. The van der Waals surface area contributed by atoms with Crippen molar-refractivity contribution in [3.8, 4) is 11.3 Å². The molecule has 2 heterocycles. The van der Waals surface area contributed by atoms with Crippen molar-refractivity contribution >= 4 is 39.7 Å². The third-order valence-electron chi connectivity index (χ3n) is 4.61. The summed E-state index contributed by atoms with van der Waals surface area (Å²) in [5.74, 6) is -0.170. The van der Waals surface area contributed by atoms with Crippen LogP contribution in [0.4, 0.5) is 5.13 Å². The van der Waals surface area contributed by atoms with Gasteiger partial charge in [0.25, 0.3) is 11.0 Å². The number of thiazole rings is 1. The molecule has 4 nitrogen and oxygen atoms in total. The maximum atomic E-state index is 12.5. The van der Waals surface area contributed by atoms with Gasteiger partial charge in [-0.1, -0.05) is 59.9 Å². The largest absolute Gasteiger partial charge is 0.343 e. The summed E-state index contributed by atoms with van der Waals surface area (Å²) in [7, 11) is 0. The Labute approximate surface area is 168 Å². The van der Waals surface area contributed by atoms with E-state index in [0.29, 0.717) is 10.7 Å². The number of aromatic nitrogens is 1. The molecule has 1 aliphatic rings. The molecule has 3 aromatic rings. The minimum Gasteiger partial charge on any atom is -0.279 e. The zero-order valence-electron chi connectivity index (χ0n) is 14.8. The van der Waals surface area contributed by atoms with Crippen LogP contribution in [0, 0.1) is 0 Å². The standard InChI is InChI=1S/C21H19N3OS2/c25-19(17-11-5-2-6-12-17)22-20(26)24-14-8-7-13-23-18(15-27-21(23)24)16-9-3-1-4-10-16/h1-6,9-12,15H,7-8,13-14H2/p+1. The summed E-state index contributed by atoms with van der Waals surface area (Å²) in [6.07, 6.45) is 2.12. The second-order valence-corrected chi connectivity index (χ2v) is 7.63. The molecule has 0 aliphatic carbocycles. The van der Waals surface area contributed by atoms with Gasteiger partial charge in [-0.15, -0.1) is 0 Å². The van der Waals surface area contributed by atoms with E-state index in [2.05, 4.69) is 44.4 Å². The van der Waals surface area contributed by atoms with E-state index in [1.165, 1.54) is 11.3 Å². The summed E-state index contributed by atoms with van der Waals surface area (Å²) < 4.78 is 2.31. The van der Waals surface area contributed by atoms with E-state index in [1.807, 2.05) is 24.3 Å². The fraction of sp³-hybridized carbons (Fsp3) is 0.190. The van der Waals surface area contributed by atoms with Crippen molar-refractivity contribution < 1.29 is 9.36 Å². The molecule has 1 amide bonds. The van der Waals surface area contributed by atoms with Crippen LogP contribution in [0.3, 0.4) is 0 Å². The third kappa shape index (κ3) is 3.77. The lowest BCUT2D eigenvalue weighted by Gasteiger charge is -2.15. The van der Waals surface area contributed by atoms with Gasteiger partial charge in [-0.3, -0.25) is 10.1 Å². The molecule has 0 saturated carbocycles. The molecule has 1 aliphatic heterocycles. The molecule has 6 heteroatoms. The molecule has 0 bridgehead atoms. The van der Waals surface area contributed by atoms with Crippen LogP contribution >= 0.6 is 23.6 Å². The van der Waals surface area contributed by atoms with E-state index in [9.17, 15) is 4.79 Å². The van der Waals surface area contributed by atoms with Gasteiger partial charge in [0.2, 0.25) is 0 Å². The molecule has 0 spiro atoms. The van der Waals surface area contributed by atoms with Crippen molar-refractivity contribution in [2.75, 3.05) is 11.4 Å². The van der Waals surface area contributed by atoms with Crippen LogP contribution in [0.1, 0.15) is 23.2 Å². The van der Waals surface area contributed by atoms with Gasteiger partial charge in [0.15, 0.2) is 0 Å². The number of amides is 1. The predicted molar refractivity (Wildman–Crippen MR) is 113 cm³/mol. The first-order valence-corrected chi connectivity index (χ1v) is 10.3. The number of fused-ring (bicyclic) bond motifs is 1. The summed E-state index contributed by atoms with van der Waals surface area (Å²) >= 11 is 7.27. The van der Waals surface area contributed by atoms with E-state index >= 15 is 0 Å². The minimum atomic E-state index is -0.170. The summed E-state index contributed by atoms with van der Waals surface area (Å²) in [4.78, 5) is 14.5. The van der Waals surface area contributed by atoms with Gasteiger partial charge in [-0.05, 0) is 37.2 Å². The first-order valence-electron chi connectivity index (χ1n) is 8.98. The first kappa shape index (κ1) is 17.8. The third-order valence-corrected chi connectivity index (χ3v) is 5.93. The molecule has 1 N–H and O–H groups in total. The number of benzene rings is 2. The molecule has 0 atom stereocenters. The molecule has 0 fully saturated rings. The van der Waals surface area contributed by atoms with Gasteiger partial charge < -0.3 is 0 Å². The molecule has 0 radical (unpaired) electrons. The van der Waals surface area contributed by atoms with Crippen LogP contribution in [0.2, 0.25) is 0 Å². The molecular formula is C21H20N3OS2+. The molecule has 0 saturated heterocycles. The lowest BCUT2D eigenvalue weighted by Crippen LogP contribution is -2.47. The van der Waals surface area contributed by atoms with Crippen LogP contribution < -0.4 is 14.8 Å². The van der Waals surface area contributed by atoms with E-state index in [1.54, 1.807) is 23.5 Å². The van der Waals surface area contributed by atoms with Gasteiger partial charge >= 0.3 is 5.13 Å². The van der Waals surface area contributed by atoms with Crippen molar-refractivity contribution in [3.05, 3.63) is 71.6 Å². The van der Waals surface area contributed by atoms with Gasteiger partial charge in [0.05, 0.1) is 13.1 Å². The highest BCUT2D eigenvalue weighted by Gasteiger charge is 2.32. The Morgan fingerprint density at radius 1 is 1.04 bits per heavy atom. The maximum Gasteiger partial charge on any atom is 0.343 e. The monoisotopic (exact) mass is 394 g/mol. The highest BCUT2D eigenvalue weighted by molar-refractivity contribution is 7.80. The molecule has 0 unspecified atom stereocenters. The van der Waals surface area contributed by atoms with Crippen LogP contribution in [0.5, 0.6) is 0 Å². The van der Waals surface area contributed by atoms with Crippen LogP contribution in [0.15, 0.2) is 66.0 Å². The summed E-state index contributed by atoms with van der Waals surface area (Å²) in [5, 5.41) is 6.60. The van der Waals surface area contributed by atoms with Crippen LogP contribution in [-0.4, -0.2) is 17.6 Å². The Hall–Kier alpha value is -2.57. The number of hydrogen-bond acceptors (Lipinski definition) is 3. The fourth-order valence-corrected chi connectivity index (χ4v) is 4.68. The molecular weight excluding hydrogens is 374 g/mol. The Morgan fingerprint density at radius 2 is 1.74 bits per heavy atom. The van der Waals surface area contributed by atoms with Crippen molar-refractivity contribution in [2.45, 2.75) is 19.4 Å². The van der Waals surface area contributed by atoms with Crippen LogP contribution in [0.25, 0.3) is 11.3 Å². The topological polar surface area (TPSA) is 36.2 Å². The summed E-state index contributed by atoms with van der Waals surface area (Å²) in [6, 6.07) is 19.6. The average molecular weight is 395 g/mol. The van der Waals surface area contributed by atoms with E-state index < -0.39 is 0 Å². The second-order valence-electron chi connectivity index (χ2n) is 6.41. The van der Waals surface area contributed by atoms with E-state index in [4.69, 9.17) is 12.2 Å². The van der Waals surface area contributed by atoms with Gasteiger partial charge in [-0.25, -0.2) is 4.57 Å². The quantitative estimate of drug-likeness (QED) is 0.527. The average Bonchev–Trinajstić information content (AvgIpc) is 3.01. The predicted octanol–water partition coefficient (Wildman–Crippen LogP) is 4.02. The number of carbonyl (C=O) groups is 1. The minimum absolute atomic E-state index is 0.170. The summed E-state index contributed by atoms with van der Waals surface area (Å²) in [6.45, 7) is 1.76. The van der Waals surface area contributed by atoms with Crippen molar-refractivity contribution in [1.82, 2.24) is 5.32 Å². The summed E-state index contributed by atoms with van der Waals surface area (Å²) in [5.41, 5.74) is 3.00. The number of nitrogens with one attached hydrogen (secondary N) is 1. The van der Waals surface area contributed by atoms with Crippen molar-refractivity contribution in [2.24, 2.45) is 0 Å². The molecule has 4 rings (SSSR count). The number of nitrogens with zero attached hydrogens (tertiary/aromatic N) is 2. The molecule has 27 heavy (non-hydrogen) atoms. The normalized spacial score (nSPS) is 13.6. The zero-order valence-corrected chi connectivity index (χ0v) is 16.4. The molecule has 136 valence electrons. The molecule has 2 aromatic carbocycles. The number of thiocarbonyl (C=S) groups is 1. The number of rotatable bonds is 2. The lowest BCUT2D eigenvalue weighted by molar-refractivity contribution is -0.668. The van der Waals surface area contributed by atoms with Crippen molar-refractivity contribution in [1.29, 1.82) is 0 Å². The van der Waals surface area contributed by atoms with E-state index in [0.717, 1.165) is 31.1 Å². The SMILES string of the molecule is O=C(NC(=S)N1CCCC[n+]2c(-c3ccccc3)csc21)c1ccccc1. The fourth-order valence-electron chi connectivity index (χ4n) is 3.25. The maximum absolute atomic E-state index is 12.5. The zero-order chi connectivity index (χ0) is 18.6. The van der Waals surface area contributed by atoms with Gasteiger partial charge in [0.1, 0.15) is 5.69 Å². The highest BCUT2D eigenvalue weighted by atomic mass is 32.1. The number of hydrogen-bond donors (Lipinski definition) is 1. The number of anilines is 1. The lowest BCUT2D eigenvalue weighted by atomic mass is 10.2. The van der Waals surface area contributed by atoms with Gasteiger partial charge in [-0.2, -0.15) is 4.90 Å². The van der Waals surface area contributed by atoms with Crippen molar-refractivity contribution in [3.63, 3.8) is 0 Å². The number of carbonyl (C=O) groups excluding carboxylic acids is 1. The second kappa shape index (κ2) is 7.98. The first-order chi connectivity index (χ1) is 13.2. The van der Waals surface area contributed by atoms with Crippen LogP contribution in [-0.2, 0) is 6.54 Å².